The van der Waals surface area contributed by atoms with E-state index in [2.05, 4.69) is 4.98 Å². The summed E-state index contributed by atoms with van der Waals surface area (Å²) in [6.45, 7) is 0. The average molecular weight is 254 g/mol. The van der Waals surface area contributed by atoms with Crippen molar-refractivity contribution in [3.05, 3.63) is 40.6 Å². The zero-order valence-electron chi connectivity index (χ0n) is 7.91. The van der Waals surface area contributed by atoms with Crippen molar-refractivity contribution < 1.29 is 8.81 Å². The van der Waals surface area contributed by atoms with Crippen molar-refractivity contribution in [1.29, 1.82) is 0 Å². The van der Waals surface area contributed by atoms with Crippen molar-refractivity contribution in [2.75, 3.05) is 0 Å². The minimum absolute atomic E-state index is 0.281. The van der Waals surface area contributed by atoms with Gasteiger partial charge in [-0.3, -0.25) is 0 Å². The van der Waals surface area contributed by atoms with Gasteiger partial charge in [0.1, 0.15) is 16.6 Å². The van der Waals surface area contributed by atoms with Gasteiger partial charge in [0.25, 0.3) is 0 Å². The number of thiazole rings is 1. The Kier molecular flexibility index (Phi) is 2.19. The first-order chi connectivity index (χ1) is 7.72. The van der Waals surface area contributed by atoms with Gasteiger partial charge in [0.05, 0.1) is 0 Å². The smallest absolute Gasteiger partial charge is 0.164 e. The van der Waals surface area contributed by atoms with Crippen LogP contribution in [0.25, 0.3) is 21.7 Å². The Labute approximate surface area is 99.3 Å². The summed E-state index contributed by atoms with van der Waals surface area (Å²) in [7, 11) is 0. The molecule has 0 fully saturated rings. The number of hydrogen-bond acceptors (Lipinski definition) is 3. The maximum absolute atomic E-state index is 13.0. The van der Waals surface area contributed by atoms with Gasteiger partial charge < -0.3 is 4.42 Å². The Morgan fingerprint density at radius 2 is 2.19 bits per heavy atom. The summed E-state index contributed by atoms with van der Waals surface area (Å²) in [5.74, 6) is 0.328. The topological polar surface area (TPSA) is 26.0 Å². The Morgan fingerprint density at radius 1 is 1.31 bits per heavy atom. The molecular weight excluding hydrogens is 249 g/mol. The third-order valence-corrected chi connectivity index (χ3v) is 3.35. The SMILES string of the molecule is Fc1ccc2oc(-c3nc(Cl)cs3)cc2c1. The van der Waals surface area contributed by atoms with Gasteiger partial charge in [0.2, 0.25) is 0 Å². The monoisotopic (exact) mass is 253 g/mol. The summed E-state index contributed by atoms with van der Waals surface area (Å²) < 4.78 is 18.5. The van der Waals surface area contributed by atoms with E-state index in [1.165, 1.54) is 23.5 Å². The average Bonchev–Trinajstić information content (AvgIpc) is 2.83. The second-order valence-corrected chi connectivity index (χ2v) is 4.51. The molecule has 0 unspecified atom stereocenters. The molecule has 0 bridgehead atoms. The molecule has 5 heteroatoms. The van der Waals surface area contributed by atoms with Crippen molar-refractivity contribution in [1.82, 2.24) is 4.98 Å². The third-order valence-electron chi connectivity index (χ3n) is 2.17. The molecule has 0 aliphatic carbocycles. The molecule has 1 aromatic carbocycles. The third kappa shape index (κ3) is 1.60. The van der Waals surface area contributed by atoms with Crippen molar-refractivity contribution in [2.24, 2.45) is 0 Å². The molecule has 0 aliphatic heterocycles. The highest BCUT2D eigenvalue weighted by molar-refractivity contribution is 7.13. The Balaban J connectivity index is 2.18. The number of benzene rings is 1. The number of aromatic nitrogens is 1. The van der Waals surface area contributed by atoms with Crippen LogP contribution in [-0.4, -0.2) is 4.98 Å². The van der Waals surface area contributed by atoms with E-state index in [0.717, 1.165) is 5.39 Å². The van der Waals surface area contributed by atoms with E-state index in [0.29, 0.717) is 21.5 Å². The van der Waals surface area contributed by atoms with E-state index >= 15 is 0 Å². The van der Waals surface area contributed by atoms with Crippen molar-refractivity contribution in [3.8, 4) is 10.8 Å². The second-order valence-electron chi connectivity index (χ2n) is 3.27. The van der Waals surface area contributed by atoms with Crippen LogP contribution in [0, 0.1) is 5.82 Å². The van der Waals surface area contributed by atoms with E-state index in [4.69, 9.17) is 16.0 Å². The van der Waals surface area contributed by atoms with Crippen LogP contribution in [0.15, 0.2) is 34.1 Å². The van der Waals surface area contributed by atoms with Crippen LogP contribution in [0.5, 0.6) is 0 Å². The van der Waals surface area contributed by atoms with E-state index in [-0.39, 0.29) is 5.82 Å². The minimum Gasteiger partial charge on any atom is -0.454 e. The highest BCUT2D eigenvalue weighted by Gasteiger charge is 2.10. The lowest BCUT2D eigenvalue weighted by Crippen LogP contribution is -1.69. The quantitative estimate of drug-likeness (QED) is 0.644. The Morgan fingerprint density at radius 3 is 2.94 bits per heavy atom. The predicted octanol–water partition coefficient (Wildman–Crippen LogP) is 4.35. The first-order valence-corrected chi connectivity index (χ1v) is 5.78. The zero-order valence-corrected chi connectivity index (χ0v) is 9.48. The fourth-order valence-corrected chi connectivity index (χ4v) is 2.38. The van der Waals surface area contributed by atoms with Gasteiger partial charge in [0, 0.05) is 10.8 Å². The Hall–Kier alpha value is -1.39. The van der Waals surface area contributed by atoms with Gasteiger partial charge >= 0.3 is 0 Å². The van der Waals surface area contributed by atoms with Crippen molar-refractivity contribution in [2.45, 2.75) is 0 Å². The lowest BCUT2D eigenvalue weighted by atomic mass is 10.2. The predicted molar refractivity (Wildman–Crippen MR) is 62.3 cm³/mol. The highest BCUT2D eigenvalue weighted by Crippen LogP contribution is 2.31. The molecule has 0 amide bonds. The molecule has 80 valence electrons. The fourth-order valence-electron chi connectivity index (χ4n) is 1.49. The normalized spacial score (nSPS) is 11.1. The lowest BCUT2D eigenvalue weighted by Gasteiger charge is -1.87. The van der Waals surface area contributed by atoms with Crippen LogP contribution in [-0.2, 0) is 0 Å². The molecule has 0 radical (unpaired) electrons. The van der Waals surface area contributed by atoms with Gasteiger partial charge in [-0.25, -0.2) is 9.37 Å². The van der Waals surface area contributed by atoms with Crippen LogP contribution < -0.4 is 0 Å². The molecule has 0 atom stereocenters. The standard InChI is InChI=1S/C11H5ClFNOS/c12-10-5-16-11(14-10)9-4-6-3-7(13)1-2-8(6)15-9/h1-5H. The second kappa shape index (κ2) is 3.57. The molecule has 3 rings (SSSR count). The molecule has 2 heterocycles. The maximum Gasteiger partial charge on any atom is 0.164 e. The number of halogens is 2. The zero-order chi connectivity index (χ0) is 11.1. The Bertz CT molecular complexity index is 661. The van der Waals surface area contributed by atoms with Crippen LogP contribution in [0.4, 0.5) is 4.39 Å². The molecule has 0 spiro atoms. The van der Waals surface area contributed by atoms with Gasteiger partial charge in [-0.15, -0.1) is 11.3 Å². The molecule has 2 nitrogen and oxygen atoms in total. The molecule has 0 N–H and O–H groups in total. The van der Waals surface area contributed by atoms with Gasteiger partial charge in [-0.1, -0.05) is 11.6 Å². The van der Waals surface area contributed by atoms with Crippen molar-refractivity contribution >= 4 is 33.9 Å². The number of hydrogen-bond donors (Lipinski definition) is 0. The summed E-state index contributed by atoms with van der Waals surface area (Å²) in [5, 5.41) is 3.58. The summed E-state index contributed by atoms with van der Waals surface area (Å²) in [6, 6.07) is 6.15. The summed E-state index contributed by atoms with van der Waals surface area (Å²) in [4.78, 5) is 4.10. The van der Waals surface area contributed by atoms with Gasteiger partial charge in [0.15, 0.2) is 10.8 Å². The molecular formula is C11H5ClFNOS. The first kappa shape index (κ1) is 9.81. The summed E-state index contributed by atoms with van der Waals surface area (Å²) >= 11 is 7.12. The van der Waals surface area contributed by atoms with E-state index < -0.39 is 0 Å². The molecule has 0 saturated carbocycles. The van der Waals surface area contributed by atoms with Crippen LogP contribution in [0.3, 0.4) is 0 Å². The summed E-state index contributed by atoms with van der Waals surface area (Å²) in [6.07, 6.45) is 0. The molecule has 3 aromatic rings. The number of furan rings is 1. The fraction of sp³-hybridized carbons (Fsp3) is 0. The molecule has 0 aliphatic rings. The van der Waals surface area contributed by atoms with Gasteiger partial charge in [-0.05, 0) is 24.3 Å². The van der Waals surface area contributed by atoms with E-state index in [9.17, 15) is 4.39 Å². The van der Waals surface area contributed by atoms with E-state index in [1.807, 2.05) is 0 Å². The summed E-state index contributed by atoms with van der Waals surface area (Å²) in [5.41, 5.74) is 0.641. The molecule has 16 heavy (non-hydrogen) atoms. The molecule has 2 aromatic heterocycles. The molecule has 0 saturated heterocycles. The number of rotatable bonds is 1. The largest absolute Gasteiger partial charge is 0.454 e. The van der Waals surface area contributed by atoms with Crippen LogP contribution >= 0.6 is 22.9 Å². The maximum atomic E-state index is 13.0. The van der Waals surface area contributed by atoms with Gasteiger partial charge in [-0.2, -0.15) is 0 Å². The van der Waals surface area contributed by atoms with Crippen LogP contribution in [0.2, 0.25) is 5.15 Å². The number of fused-ring (bicyclic) bond motifs is 1. The van der Waals surface area contributed by atoms with Crippen LogP contribution in [0.1, 0.15) is 0 Å². The van der Waals surface area contributed by atoms with E-state index in [1.54, 1.807) is 17.5 Å². The lowest BCUT2D eigenvalue weighted by molar-refractivity contribution is 0.619. The highest BCUT2D eigenvalue weighted by atomic mass is 35.5. The minimum atomic E-state index is -0.281. The first-order valence-electron chi connectivity index (χ1n) is 4.53. The number of nitrogens with zero attached hydrogens (tertiary/aromatic N) is 1. The van der Waals surface area contributed by atoms with Crippen molar-refractivity contribution in [3.63, 3.8) is 0 Å².